The van der Waals surface area contributed by atoms with Crippen LogP contribution in [0.1, 0.15) is 30.3 Å². The Morgan fingerprint density at radius 2 is 2.00 bits per heavy atom. The summed E-state index contributed by atoms with van der Waals surface area (Å²) in [6.45, 7) is 9.15. The molecule has 2 heterocycles. The molecule has 0 radical (unpaired) electrons. The summed E-state index contributed by atoms with van der Waals surface area (Å²) in [7, 11) is 0. The highest BCUT2D eigenvalue weighted by Crippen LogP contribution is 2.29. The summed E-state index contributed by atoms with van der Waals surface area (Å²) in [5.74, 6) is 0. The lowest BCUT2D eigenvalue weighted by molar-refractivity contribution is 0.170. The minimum atomic E-state index is 0.229. The number of thiophene rings is 1. The van der Waals surface area contributed by atoms with Crippen molar-refractivity contribution in [3.63, 3.8) is 0 Å². The fourth-order valence-electron chi connectivity index (χ4n) is 3.16. The van der Waals surface area contributed by atoms with E-state index in [1.807, 2.05) is 11.3 Å². The number of piperazine rings is 1. The van der Waals surface area contributed by atoms with Crippen LogP contribution in [0.25, 0.3) is 0 Å². The molecule has 2 nitrogen and oxygen atoms in total. The first kappa shape index (κ1) is 14.8. The second-order valence-corrected chi connectivity index (χ2v) is 7.46. The molecular weight excluding hydrogens is 276 g/mol. The van der Waals surface area contributed by atoms with E-state index in [1.165, 1.54) is 10.4 Å². The topological polar surface area (TPSA) is 15.3 Å². The first-order chi connectivity index (χ1) is 10.1. The average Bonchev–Trinajstić information content (AvgIpc) is 3.03. The highest BCUT2D eigenvalue weighted by Gasteiger charge is 2.28. The molecule has 1 fully saturated rings. The maximum atomic E-state index is 3.65. The Bertz CT molecular complexity index is 548. The Kier molecular flexibility index (Phi) is 4.43. The predicted molar refractivity (Wildman–Crippen MR) is 91.0 cm³/mol. The maximum Gasteiger partial charge on any atom is 0.0449 e. The standard InChI is InChI=1S/C18H24N2S/c1-18(2,17-9-6-12-21-17)14-20-11-10-19-16(13-20)15-7-4-3-5-8-15/h3-9,12,16,19H,10-11,13-14H2,1-2H3. The zero-order valence-electron chi connectivity index (χ0n) is 12.9. The van der Waals surface area contributed by atoms with E-state index in [9.17, 15) is 0 Å². The minimum absolute atomic E-state index is 0.229. The van der Waals surface area contributed by atoms with Crippen molar-refractivity contribution in [3.8, 4) is 0 Å². The van der Waals surface area contributed by atoms with Crippen molar-refractivity contribution in [1.82, 2.24) is 10.2 Å². The lowest BCUT2D eigenvalue weighted by Crippen LogP contribution is -2.49. The van der Waals surface area contributed by atoms with Gasteiger partial charge >= 0.3 is 0 Å². The number of hydrogen-bond donors (Lipinski definition) is 1. The normalized spacial score (nSPS) is 20.6. The highest BCUT2D eigenvalue weighted by atomic mass is 32.1. The third kappa shape index (κ3) is 3.54. The van der Waals surface area contributed by atoms with E-state index in [4.69, 9.17) is 0 Å². The van der Waals surface area contributed by atoms with E-state index in [1.54, 1.807) is 0 Å². The van der Waals surface area contributed by atoms with E-state index in [-0.39, 0.29) is 5.41 Å². The third-order valence-electron chi connectivity index (χ3n) is 4.27. The minimum Gasteiger partial charge on any atom is -0.308 e. The van der Waals surface area contributed by atoms with Crippen LogP contribution in [0.4, 0.5) is 0 Å². The Labute approximate surface area is 131 Å². The molecule has 1 aliphatic rings. The van der Waals surface area contributed by atoms with Gasteiger partial charge in [-0.25, -0.2) is 0 Å². The van der Waals surface area contributed by atoms with Crippen LogP contribution < -0.4 is 5.32 Å². The molecule has 1 aromatic carbocycles. The molecule has 112 valence electrons. The fraction of sp³-hybridized carbons (Fsp3) is 0.444. The van der Waals surface area contributed by atoms with Crippen LogP contribution in [0.2, 0.25) is 0 Å². The molecule has 0 aliphatic carbocycles. The van der Waals surface area contributed by atoms with Gasteiger partial charge < -0.3 is 5.32 Å². The summed E-state index contributed by atoms with van der Waals surface area (Å²) in [5, 5.41) is 5.83. The summed E-state index contributed by atoms with van der Waals surface area (Å²) in [4.78, 5) is 4.09. The summed E-state index contributed by atoms with van der Waals surface area (Å²) in [6, 6.07) is 15.7. The van der Waals surface area contributed by atoms with Crippen molar-refractivity contribution < 1.29 is 0 Å². The molecule has 1 aliphatic heterocycles. The lowest BCUT2D eigenvalue weighted by atomic mass is 9.90. The van der Waals surface area contributed by atoms with Gasteiger partial charge in [-0.1, -0.05) is 50.2 Å². The van der Waals surface area contributed by atoms with Crippen LogP contribution in [0.15, 0.2) is 47.8 Å². The molecule has 3 heteroatoms. The largest absolute Gasteiger partial charge is 0.308 e. The first-order valence-electron chi connectivity index (χ1n) is 7.70. The van der Waals surface area contributed by atoms with Crippen LogP contribution in [0.5, 0.6) is 0 Å². The number of rotatable bonds is 4. The number of nitrogens with zero attached hydrogens (tertiary/aromatic N) is 1. The molecule has 3 rings (SSSR count). The van der Waals surface area contributed by atoms with Gasteiger partial charge in [-0.15, -0.1) is 11.3 Å². The second kappa shape index (κ2) is 6.30. The summed E-state index contributed by atoms with van der Waals surface area (Å²) >= 11 is 1.87. The second-order valence-electron chi connectivity index (χ2n) is 6.51. The molecule has 0 spiro atoms. The van der Waals surface area contributed by atoms with Gasteiger partial charge in [0.2, 0.25) is 0 Å². The predicted octanol–water partition coefficient (Wildman–Crippen LogP) is 3.67. The number of hydrogen-bond acceptors (Lipinski definition) is 3. The Morgan fingerprint density at radius 3 is 2.71 bits per heavy atom. The summed E-state index contributed by atoms with van der Waals surface area (Å²) in [5.41, 5.74) is 1.63. The smallest absolute Gasteiger partial charge is 0.0449 e. The molecule has 1 aromatic heterocycles. The van der Waals surface area contributed by atoms with Gasteiger partial charge in [0.1, 0.15) is 0 Å². The molecule has 0 bridgehead atoms. The Balaban J connectivity index is 1.67. The molecule has 0 saturated carbocycles. The molecule has 1 saturated heterocycles. The van der Waals surface area contributed by atoms with Crippen LogP contribution in [0.3, 0.4) is 0 Å². The Morgan fingerprint density at radius 1 is 1.19 bits per heavy atom. The van der Waals surface area contributed by atoms with Crippen LogP contribution in [-0.4, -0.2) is 31.1 Å². The molecule has 2 aromatic rings. The quantitative estimate of drug-likeness (QED) is 0.927. The van der Waals surface area contributed by atoms with E-state index < -0.39 is 0 Å². The lowest BCUT2D eigenvalue weighted by Gasteiger charge is -2.38. The van der Waals surface area contributed by atoms with Gasteiger partial charge in [-0.2, -0.15) is 0 Å². The van der Waals surface area contributed by atoms with Gasteiger partial charge in [0.15, 0.2) is 0 Å². The van der Waals surface area contributed by atoms with Gasteiger partial charge in [0.05, 0.1) is 0 Å². The van der Waals surface area contributed by atoms with Crippen molar-refractivity contribution in [2.45, 2.75) is 25.3 Å². The third-order valence-corrected chi connectivity index (χ3v) is 5.50. The van der Waals surface area contributed by atoms with Gasteiger partial charge in [-0.3, -0.25) is 4.90 Å². The van der Waals surface area contributed by atoms with Crippen molar-refractivity contribution in [3.05, 3.63) is 58.3 Å². The average molecular weight is 300 g/mol. The molecule has 1 atom stereocenters. The molecule has 1 N–H and O–H groups in total. The monoisotopic (exact) mass is 300 g/mol. The number of benzene rings is 1. The maximum absolute atomic E-state index is 3.65. The van der Waals surface area contributed by atoms with Crippen molar-refractivity contribution in [2.75, 3.05) is 26.2 Å². The van der Waals surface area contributed by atoms with Crippen LogP contribution >= 0.6 is 11.3 Å². The van der Waals surface area contributed by atoms with E-state index in [0.717, 1.165) is 26.2 Å². The SMILES string of the molecule is CC(C)(CN1CCNC(c2ccccc2)C1)c1cccs1. The highest BCUT2D eigenvalue weighted by molar-refractivity contribution is 7.10. The zero-order chi connectivity index (χ0) is 14.7. The number of nitrogens with one attached hydrogen (secondary N) is 1. The van der Waals surface area contributed by atoms with Gasteiger partial charge in [0.25, 0.3) is 0 Å². The fourth-order valence-corrected chi connectivity index (χ4v) is 4.01. The first-order valence-corrected chi connectivity index (χ1v) is 8.58. The van der Waals surface area contributed by atoms with Crippen LogP contribution in [0, 0.1) is 0 Å². The van der Waals surface area contributed by atoms with Gasteiger partial charge in [0, 0.05) is 42.5 Å². The van der Waals surface area contributed by atoms with Crippen LogP contribution in [-0.2, 0) is 5.41 Å². The summed E-state index contributed by atoms with van der Waals surface area (Å²) in [6.07, 6.45) is 0. The summed E-state index contributed by atoms with van der Waals surface area (Å²) < 4.78 is 0. The van der Waals surface area contributed by atoms with E-state index >= 15 is 0 Å². The molecule has 21 heavy (non-hydrogen) atoms. The molecular formula is C18H24N2S. The molecule has 0 amide bonds. The van der Waals surface area contributed by atoms with E-state index in [0.29, 0.717) is 6.04 Å². The van der Waals surface area contributed by atoms with Crippen molar-refractivity contribution in [1.29, 1.82) is 0 Å². The van der Waals surface area contributed by atoms with Crippen molar-refractivity contribution >= 4 is 11.3 Å². The zero-order valence-corrected chi connectivity index (χ0v) is 13.7. The van der Waals surface area contributed by atoms with Crippen molar-refractivity contribution in [2.24, 2.45) is 0 Å². The Hall–Kier alpha value is -1.16. The molecule has 1 unspecified atom stereocenters. The van der Waals surface area contributed by atoms with E-state index in [2.05, 4.69) is 71.9 Å². The van der Waals surface area contributed by atoms with Gasteiger partial charge in [-0.05, 0) is 17.0 Å².